The highest BCUT2D eigenvalue weighted by Crippen LogP contribution is 2.35. The predicted octanol–water partition coefficient (Wildman–Crippen LogP) is 10.2. The van der Waals surface area contributed by atoms with Crippen molar-refractivity contribution in [2.45, 2.75) is 54.3 Å². The van der Waals surface area contributed by atoms with Crippen molar-refractivity contribution in [3.05, 3.63) is 190 Å². The number of aliphatic hydroxyl groups is 1. The smallest absolute Gasteiger partial charge is 0.337 e. The molecule has 53 heavy (non-hydrogen) atoms. The van der Waals surface area contributed by atoms with Crippen molar-refractivity contribution in [1.29, 1.82) is 0 Å². The normalized spacial score (nSPS) is 10.2. The fourth-order valence-electron chi connectivity index (χ4n) is 5.40. The molecule has 0 saturated heterocycles. The number of esters is 1. The Morgan fingerprint density at radius 2 is 0.849 bits per heavy atom. The van der Waals surface area contributed by atoms with Gasteiger partial charge in [0.05, 0.1) is 19.3 Å². The predicted molar refractivity (Wildman–Crippen MR) is 209 cm³/mol. The van der Waals surface area contributed by atoms with E-state index in [0.29, 0.717) is 49.2 Å². The Bertz CT molecular complexity index is 1980. The number of benzene rings is 6. The number of aryl methyl sites for hydroxylation is 2. The molecule has 6 aromatic carbocycles. The number of rotatable bonds is 14. The third-order valence-electron chi connectivity index (χ3n) is 8.07. The highest BCUT2D eigenvalue weighted by atomic mass is 16.5. The molecule has 0 heterocycles. The van der Waals surface area contributed by atoms with Gasteiger partial charge in [-0.05, 0) is 77.1 Å². The lowest BCUT2D eigenvalue weighted by atomic mass is 10.1. The van der Waals surface area contributed by atoms with Crippen molar-refractivity contribution in [2.75, 3.05) is 7.11 Å². The van der Waals surface area contributed by atoms with Crippen LogP contribution < -0.4 is 18.9 Å². The molecule has 0 fully saturated rings. The lowest BCUT2D eigenvalue weighted by molar-refractivity contribution is 0.0600. The Labute approximate surface area is 313 Å². The monoisotopic (exact) mass is 712 g/mol. The van der Waals surface area contributed by atoms with E-state index in [1.54, 1.807) is 12.1 Å². The van der Waals surface area contributed by atoms with Crippen LogP contribution in [0.3, 0.4) is 0 Å². The first-order chi connectivity index (χ1) is 25.4. The molecule has 1 N–H and O–H groups in total. The zero-order valence-electron chi connectivity index (χ0n) is 29.8. The van der Waals surface area contributed by atoms with Gasteiger partial charge in [0.25, 0.3) is 0 Å². The SMILES string of the molecule is C.COC(=O)c1cc(C)c(OCc2ccccc2)c(OCc2ccccc2)c1.Cc1cc(CO)cc(OCc2ccccc2)c1OCc1ccccc1. The van der Waals surface area contributed by atoms with E-state index in [1.165, 1.54) is 7.11 Å². The van der Waals surface area contributed by atoms with Gasteiger partial charge in [-0.1, -0.05) is 129 Å². The summed E-state index contributed by atoms with van der Waals surface area (Å²) in [5.41, 5.74) is 7.29. The Kier molecular flexibility index (Phi) is 15.5. The summed E-state index contributed by atoms with van der Waals surface area (Å²) in [5, 5.41) is 9.47. The molecule has 274 valence electrons. The van der Waals surface area contributed by atoms with Gasteiger partial charge >= 0.3 is 5.97 Å². The van der Waals surface area contributed by atoms with E-state index in [-0.39, 0.29) is 14.0 Å². The van der Waals surface area contributed by atoms with Gasteiger partial charge in [0.2, 0.25) is 0 Å². The van der Waals surface area contributed by atoms with Crippen LogP contribution in [0.15, 0.2) is 146 Å². The summed E-state index contributed by atoms with van der Waals surface area (Å²) in [6.07, 6.45) is 0. The van der Waals surface area contributed by atoms with Crippen LogP contribution in [0.4, 0.5) is 0 Å². The van der Waals surface area contributed by atoms with Crippen molar-refractivity contribution in [3.63, 3.8) is 0 Å². The second kappa shape index (κ2) is 20.7. The van der Waals surface area contributed by atoms with Gasteiger partial charge in [-0.3, -0.25) is 0 Å². The van der Waals surface area contributed by atoms with Crippen LogP contribution in [0.1, 0.15) is 56.7 Å². The molecule has 0 aliphatic heterocycles. The summed E-state index contributed by atoms with van der Waals surface area (Å²) in [7, 11) is 1.36. The molecule has 0 spiro atoms. The van der Waals surface area contributed by atoms with Gasteiger partial charge in [0.1, 0.15) is 26.4 Å². The van der Waals surface area contributed by atoms with Gasteiger partial charge in [0, 0.05) is 0 Å². The molecule has 0 bridgehead atoms. The Hall–Kier alpha value is -6.05. The molecule has 0 radical (unpaired) electrons. The van der Waals surface area contributed by atoms with E-state index >= 15 is 0 Å². The molecular weight excluding hydrogens is 664 g/mol. The molecule has 0 atom stereocenters. The van der Waals surface area contributed by atoms with E-state index in [1.807, 2.05) is 147 Å². The molecule has 6 aromatic rings. The van der Waals surface area contributed by atoms with Crippen molar-refractivity contribution >= 4 is 5.97 Å². The van der Waals surface area contributed by atoms with Crippen molar-refractivity contribution < 1.29 is 33.6 Å². The van der Waals surface area contributed by atoms with Crippen LogP contribution in [0.25, 0.3) is 0 Å². The number of hydrogen-bond donors (Lipinski definition) is 1. The molecule has 0 aliphatic rings. The summed E-state index contributed by atoms with van der Waals surface area (Å²) in [6.45, 7) is 5.56. The van der Waals surface area contributed by atoms with E-state index in [0.717, 1.165) is 44.7 Å². The highest BCUT2D eigenvalue weighted by molar-refractivity contribution is 5.90. The lowest BCUT2D eigenvalue weighted by Crippen LogP contribution is -2.06. The van der Waals surface area contributed by atoms with Crippen molar-refractivity contribution in [2.24, 2.45) is 0 Å². The minimum atomic E-state index is -0.405. The Morgan fingerprint density at radius 1 is 0.491 bits per heavy atom. The van der Waals surface area contributed by atoms with Crippen LogP contribution in [-0.4, -0.2) is 18.2 Å². The minimum Gasteiger partial charge on any atom is -0.485 e. The number of methoxy groups -OCH3 is 1. The quantitative estimate of drug-likeness (QED) is 0.113. The van der Waals surface area contributed by atoms with Gasteiger partial charge in [-0.15, -0.1) is 0 Å². The maximum Gasteiger partial charge on any atom is 0.337 e. The van der Waals surface area contributed by atoms with Gasteiger partial charge in [0.15, 0.2) is 23.0 Å². The first-order valence-electron chi connectivity index (χ1n) is 17.1. The zero-order chi connectivity index (χ0) is 36.5. The van der Waals surface area contributed by atoms with Gasteiger partial charge in [-0.25, -0.2) is 4.79 Å². The van der Waals surface area contributed by atoms with E-state index in [4.69, 9.17) is 23.7 Å². The molecule has 0 amide bonds. The minimum absolute atomic E-state index is 0. The first-order valence-corrected chi connectivity index (χ1v) is 17.1. The fraction of sp³-hybridized carbons (Fsp3) is 0.196. The maximum atomic E-state index is 12.0. The summed E-state index contributed by atoms with van der Waals surface area (Å²) < 4.78 is 28.9. The molecule has 7 nitrogen and oxygen atoms in total. The van der Waals surface area contributed by atoms with Crippen LogP contribution in [0.2, 0.25) is 0 Å². The number of carbonyl (C=O) groups excluding carboxylic acids is 1. The summed E-state index contributed by atoms with van der Waals surface area (Å²) in [5.74, 6) is 2.12. The molecule has 7 heteroatoms. The average molecular weight is 713 g/mol. The number of ether oxygens (including phenoxy) is 5. The van der Waals surface area contributed by atoms with Crippen LogP contribution in [-0.2, 0) is 37.8 Å². The maximum absolute atomic E-state index is 12.0. The van der Waals surface area contributed by atoms with Gasteiger partial charge in [-0.2, -0.15) is 0 Å². The summed E-state index contributed by atoms with van der Waals surface area (Å²) >= 11 is 0. The lowest BCUT2D eigenvalue weighted by Gasteiger charge is -2.16. The first kappa shape index (κ1) is 39.7. The van der Waals surface area contributed by atoms with Gasteiger partial charge < -0.3 is 28.8 Å². The van der Waals surface area contributed by atoms with Crippen LogP contribution in [0, 0.1) is 13.8 Å². The van der Waals surface area contributed by atoms with Crippen molar-refractivity contribution in [3.8, 4) is 23.0 Å². The average Bonchev–Trinajstić information content (AvgIpc) is 3.19. The summed E-state index contributed by atoms with van der Waals surface area (Å²) in [4.78, 5) is 12.0. The second-order valence-corrected chi connectivity index (χ2v) is 12.1. The molecule has 6 rings (SSSR count). The van der Waals surface area contributed by atoms with Crippen LogP contribution in [0.5, 0.6) is 23.0 Å². The molecular formula is C46H48O7. The highest BCUT2D eigenvalue weighted by Gasteiger charge is 2.16. The molecule has 0 aliphatic carbocycles. The zero-order valence-corrected chi connectivity index (χ0v) is 29.8. The topological polar surface area (TPSA) is 83.5 Å². The third-order valence-corrected chi connectivity index (χ3v) is 8.07. The van der Waals surface area contributed by atoms with Crippen LogP contribution >= 0.6 is 0 Å². The Morgan fingerprint density at radius 3 is 1.23 bits per heavy atom. The second-order valence-electron chi connectivity index (χ2n) is 12.1. The largest absolute Gasteiger partial charge is 0.485 e. The third kappa shape index (κ3) is 12.0. The van der Waals surface area contributed by atoms with Crippen molar-refractivity contribution in [1.82, 2.24) is 0 Å². The number of aliphatic hydroxyl groups excluding tert-OH is 1. The van der Waals surface area contributed by atoms with E-state index < -0.39 is 5.97 Å². The van der Waals surface area contributed by atoms with E-state index in [9.17, 15) is 9.90 Å². The fourth-order valence-corrected chi connectivity index (χ4v) is 5.40. The van der Waals surface area contributed by atoms with E-state index in [2.05, 4.69) is 0 Å². The molecule has 0 saturated carbocycles. The Balaban J connectivity index is 0.000000233. The number of carbonyl (C=O) groups is 1. The molecule has 0 aromatic heterocycles. The number of hydrogen-bond acceptors (Lipinski definition) is 7. The summed E-state index contributed by atoms with van der Waals surface area (Å²) in [6, 6.07) is 47.0. The molecule has 0 unspecified atom stereocenters. The standard InChI is InChI=1S/C23H22O4.C22H22O3.CH4/c1-17-13-20(23(24)25-2)14-21(26-15-18-9-5-3-6-10-18)22(17)27-16-19-11-7-4-8-12-19;1-17-12-20(14-23)13-21(24-15-18-8-4-2-5-9-18)22(17)25-16-19-10-6-3-7-11-19;/h3-14H,15-16H2,1-2H3;2-13,23H,14-16H2,1H3;1H4.